The molecule has 1 aromatic carbocycles. The van der Waals surface area contributed by atoms with E-state index in [0.717, 1.165) is 5.75 Å². The van der Waals surface area contributed by atoms with Crippen LogP contribution in [0.25, 0.3) is 0 Å². The predicted molar refractivity (Wildman–Crippen MR) is 71.7 cm³/mol. The van der Waals surface area contributed by atoms with E-state index in [2.05, 4.69) is 54.7 Å². The van der Waals surface area contributed by atoms with Crippen LogP contribution >= 0.6 is 47.8 Å². The van der Waals surface area contributed by atoms with Crippen LogP contribution in [0.5, 0.6) is 5.75 Å². The van der Waals surface area contributed by atoms with Crippen molar-refractivity contribution in [2.45, 2.75) is 8.43 Å². The molecule has 0 aliphatic rings. The Kier molecular flexibility index (Phi) is 5.60. The minimum Gasteiger partial charge on any atom is -0.474 e. The van der Waals surface area contributed by atoms with Crippen LogP contribution in [0.1, 0.15) is 0 Å². The summed E-state index contributed by atoms with van der Waals surface area (Å²) in [5, 5.41) is -0.367. The second-order valence-electron chi connectivity index (χ2n) is 2.66. The van der Waals surface area contributed by atoms with Gasteiger partial charge in [0.2, 0.25) is 8.43 Å². The van der Waals surface area contributed by atoms with Crippen molar-refractivity contribution < 1.29 is 9.47 Å². The Labute approximate surface area is 115 Å². The van der Waals surface area contributed by atoms with Crippen molar-refractivity contribution in [3.05, 3.63) is 37.3 Å². The minimum absolute atomic E-state index is 0.330. The van der Waals surface area contributed by atoms with E-state index >= 15 is 0 Å². The molecule has 1 atom stereocenters. The third-order valence-electron chi connectivity index (χ3n) is 1.54. The molecular formula is C10H10Br3O2. The molecule has 1 unspecified atom stereocenters. The zero-order valence-corrected chi connectivity index (χ0v) is 12.6. The Hall–Kier alpha value is 0.420. The third-order valence-corrected chi connectivity index (χ3v) is 4.89. The van der Waals surface area contributed by atoms with Crippen LogP contribution in [0, 0.1) is 6.92 Å². The molecule has 0 N–H and O–H groups in total. The standard InChI is InChI=1S/C10H10Br3O2/c1-2-14-10(12,13)9(11)15-8-6-4-3-5-7-8/h3-7,9H,1-2H2. The van der Waals surface area contributed by atoms with Gasteiger partial charge in [-0.1, -0.05) is 18.2 Å². The molecule has 0 amide bonds. The summed E-state index contributed by atoms with van der Waals surface area (Å²) in [6.07, 6.45) is 0. The lowest BCUT2D eigenvalue weighted by Gasteiger charge is -2.26. The highest BCUT2D eigenvalue weighted by Crippen LogP contribution is 2.37. The van der Waals surface area contributed by atoms with E-state index in [1.807, 2.05) is 30.3 Å². The summed E-state index contributed by atoms with van der Waals surface area (Å²) < 4.78 is 10.1. The van der Waals surface area contributed by atoms with Gasteiger partial charge in [0.05, 0.1) is 0 Å². The summed E-state index contributed by atoms with van der Waals surface area (Å²) in [7, 11) is 0. The molecule has 1 rings (SSSR count). The van der Waals surface area contributed by atoms with Crippen molar-refractivity contribution in [2.75, 3.05) is 6.61 Å². The van der Waals surface area contributed by atoms with Gasteiger partial charge in [-0.15, -0.1) is 0 Å². The Morgan fingerprint density at radius 3 is 2.40 bits per heavy atom. The first-order valence-electron chi connectivity index (χ1n) is 4.23. The molecule has 0 fully saturated rings. The van der Waals surface area contributed by atoms with E-state index < -0.39 is 3.42 Å². The molecule has 15 heavy (non-hydrogen) atoms. The SMILES string of the molecule is [CH2]COC(Br)(Br)C(Br)Oc1ccccc1. The molecule has 1 radical (unpaired) electrons. The molecule has 0 heterocycles. The molecular weight excluding hydrogens is 392 g/mol. The van der Waals surface area contributed by atoms with Crippen LogP contribution < -0.4 is 4.74 Å². The molecule has 0 aliphatic carbocycles. The number of ether oxygens (including phenoxy) is 2. The molecule has 5 heteroatoms. The van der Waals surface area contributed by atoms with Crippen LogP contribution in [0.4, 0.5) is 0 Å². The van der Waals surface area contributed by atoms with Gasteiger partial charge in [0.25, 0.3) is 0 Å². The van der Waals surface area contributed by atoms with E-state index in [4.69, 9.17) is 9.47 Å². The lowest BCUT2D eigenvalue weighted by molar-refractivity contribution is 0.0689. The molecule has 0 saturated carbocycles. The number of halogens is 3. The normalized spacial score (nSPS) is 13.6. The van der Waals surface area contributed by atoms with Crippen LogP contribution in [0.15, 0.2) is 30.3 Å². The van der Waals surface area contributed by atoms with Crippen LogP contribution in [-0.2, 0) is 4.74 Å². The van der Waals surface area contributed by atoms with Gasteiger partial charge in [0.15, 0.2) is 0 Å². The largest absolute Gasteiger partial charge is 0.474 e. The fourth-order valence-electron chi connectivity index (χ4n) is 0.889. The Balaban J connectivity index is 2.59. The monoisotopic (exact) mass is 399 g/mol. The topological polar surface area (TPSA) is 18.5 Å². The van der Waals surface area contributed by atoms with Crippen molar-refractivity contribution >= 4 is 47.8 Å². The molecule has 0 bridgehead atoms. The summed E-state index contributed by atoms with van der Waals surface area (Å²) >= 11 is 10.1. The van der Waals surface area contributed by atoms with Crippen LogP contribution in [0.2, 0.25) is 0 Å². The second-order valence-corrected chi connectivity index (χ2v) is 6.91. The Bertz CT molecular complexity index is 290. The van der Waals surface area contributed by atoms with Crippen molar-refractivity contribution in [3.63, 3.8) is 0 Å². The zero-order chi connectivity index (χ0) is 11.3. The van der Waals surface area contributed by atoms with Crippen molar-refractivity contribution in [2.24, 2.45) is 0 Å². The van der Waals surface area contributed by atoms with Crippen molar-refractivity contribution in [1.82, 2.24) is 0 Å². The highest BCUT2D eigenvalue weighted by molar-refractivity contribution is 9.26. The summed E-state index contributed by atoms with van der Waals surface area (Å²) in [5.41, 5.74) is 0. The van der Waals surface area contributed by atoms with Crippen LogP contribution in [0.3, 0.4) is 0 Å². The quantitative estimate of drug-likeness (QED) is 0.692. The lowest BCUT2D eigenvalue weighted by atomic mass is 10.3. The van der Waals surface area contributed by atoms with E-state index in [-0.39, 0.29) is 5.01 Å². The van der Waals surface area contributed by atoms with E-state index in [0.29, 0.717) is 6.61 Å². The molecule has 0 aromatic heterocycles. The average molecular weight is 402 g/mol. The van der Waals surface area contributed by atoms with Gasteiger partial charge in [0, 0.05) is 6.61 Å². The average Bonchev–Trinajstić information content (AvgIpc) is 2.19. The third kappa shape index (κ3) is 4.43. The number of benzene rings is 1. The lowest BCUT2D eigenvalue weighted by Crippen LogP contribution is -2.32. The molecule has 1 aromatic rings. The van der Waals surface area contributed by atoms with E-state index in [1.165, 1.54) is 0 Å². The summed E-state index contributed by atoms with van der Waals surface area (Å²) in [6.45, 7) is 3.93. The number of alkyl halides is 3. The number of hydrogen-bond donors (Lipinski definition) is 0. The van der Waals surface area contributed by atoms with Gasteiger partial charge in [0.1, 0.15) is 5.75 Å². The molecule has 0 aliphatic heterocycles. The molecule has 2 nitrogen and oxygen atoms in total. The first-order valence-corrected chi connectivity index (χ1v) is 6.73. The number of hydrogen-bond acceptors (Lipinski definition) is 2. The van der Waals surface area contributed by atoms with Crippen molar-refractivity contribution in [3.8, 4) is 5.75 Å². The first kappa shape index (κ1) is 13.5. The van der Waals surface area contributed by atoms with E-state index in [9.17, 15) is 0 Å². The van der Waals surface area contributed by atoms with Gasteiger partial charge in [-0.2, -0.15) is 0 Å². The maximum atomic E-state index is 5.60. The summed E-state index contributed by atoms with van der Waals surface area (Å²) in [6, 6.07) is 9.48. The number of rotatable bonds is 5. The Morgan fingerprint density at radius 1 is 1.27 bits per heavy atom. The maximum absolute atomic E-state index is 5.60. The fraction of sp³-hybridized carbons (Fsp3) is 0.300. The van der Waals surface area contributed by atoms with Gasteiger partial charge in [-0.3, -0.25) is 0 Å². The minimum atomic E-state index is -0.780. The molecule has 83 valence electrons. The van der Waals surface area contributed by atoms with Gasteiger partial charge >= 0.3 is 0 Å². The predicted octanol–water partition coefficient (Wildman–Crippen LogP) is 4.08. The molecule has 0 saturated heterocycles. The number of para-hydroxylation sites is 1. The summed E-state index contributed by atoms with van der Waals surface area (Å²) in [4.78, 5) is 0. The molecule has 0 spiro atoms. The van der Waals surface area contributed by atoms with Crippen molar-refractivity contribution in [1.29, 1.82) is 0 Å². The Morgan fingerprint density at radius 2 is 1.87 bits per heavy atom. The second kappa shape index (κ2) is 6.23. The summed E-state index contributed by atoms with van der Waals surface area (Å²) in [5.74, 6) is 0.760. The van der Waals surface area contributed by atoms with Gasteiger partial charge < -0.3 is 9.47 Å². The highest BCUT2D eigenvalue weighted by Gasteiger charge is 2.34. The highest BCUT2D eigenvalue weighted by atomic mass is 79.9. The van der Waals surface area contributed by atoms with Crippen LogP contribution in [-0.4, -0.2) is 15.0 Å². The smallest absolute Gasteiger partial charge is 0.225 e. The first-order chi connectivity index (χ1) is 7.06. The van der Waals surface area contributed by atoms with E-state index in [1.54, 1.807) is 0 Å². The van der Waals surface area contributed by atoms with Gasteiger partial charge in [-0.05, 0) is 66.8 Å². The zero-order valence-electron chi connectivity index (χ0n) is 7.83. The fourth-order valence-corrected chi connectivity index (χ4v) is 1.75. The van der Waals surface area contributed by atoms with Gasteiger partial charge in [-0.25, -0.2) is 0 Å². The maximum Gasteiger partial charge on any atom is 0.225 e.